The molecule has 0 aliphatic carbocycles. The Morgan fingerprint density at radius 3 is 2.92 bits per heavy atom. The van der Waals surface area contributed by atoms with Crippen molar-refractivity contribution in [1.29, 1.82) is 0 Å². The van der Waals surface area contributed by atoms with E-state index >= 15 is 0 Å². The van der Waals surface area contributed by atoms with Crippen molar-refractivity contribution in [3.05, 3.63) is 34.8 Å². The monoisotopic (exact) mass is 175 g/mol. The average Bonchev–Trinajstić information content (AvgIpc) is 2.44. The number of rotatable bonds is 2. The van der Waals surface area contributed by atoms with Crippen LogP contribution in [0.5, 0.6) is 0 Å². The molecule has 1 aromatic rings. The fourth-order valence-corrected chi connectivity index (χ4v) is 1.32. The Bertz CT molecular complexity index is 462. The van der Waals surface area contributed by atoms with E-state index < -0.39 is 0 Å². The third kappa shape index (κ3) is 1.22. The highest BCUT2D eigenvalue weighted by molar-refractivity contribution is 6.12. The summed E-state index contributed by atoms with van der Waals surface area (Å²) >= 11 is 0. The average molecular weight is 175 g/mol. The van der Waals surface area contributed by atoms with Crippen LogP contribution in [0.1, 0.15) is 6.92 Å². The lowest BCUT2D eigenvalue weighted by molar-refractivity contribution is -0.114. The smallest absolute Gasteiger partial charge is 0.313 e. The first-order valence-electron chi connectivity index (χ1n) is 4.18. The summed E-state index contributed by atoms with van der Waals surface area (Å²) in [5.74, 6) is 0.0983. The van der Waals surface area contributed by atoms with Crippen molar-refractivity contribution < 1.29 is 9.53 Å². The second kappa shape index (κ2) is 3.01. The Hall–Kier alpha value is -1.64. The van der Waals surface area contributed by atoms with E-state index in [1.165, 1.54) is 0 Å². The van der Waals surface area contributed by atoms with E-state index in [1.807, 2.05) is 25.1 Å². The van der Waals surface area contributed by atoms with Crippen molar-refractivity contribution in [3.63, 3.8) is 0 Å². The van der Waals surface area contributed by atoms with Gasteiger partial charge < -0.3 is 4.74 Å². The van der Waals surface area contributed by atoms with E-state index in [0.717, 1.165) is 5.22 Å². The van der Waals surface area contributed by atoms with Gasteiger partial charge in [-0.2, -0.15) is 0 Å². The number of hydrogen-bond acceptors (Lipinski definition) is 2. The molecule has 0 fully saturated rings. The lowest BCUT2D eigenvalue weighted by Crippen LogP contribution is -2.22. The number of carbonyl (C=O) groups is 1. The number of hydrogen-bond donors (Lipinski definition) is 0. The van der Waals surface area contributed by atoms with Crippen LogP contribution >= 0.6 is 0 Å². The van der Waals surface area contributed by atoms with Gasteiger partial charge in [0, 0.05) is 5.22 Å². The number of benzene rings is 1. The van der Waals surface area contributed by atoms with Crippen molar-refractivity contribution in [1.82, 2.24) is 0 Å². The van der Waals surface area contributed by atoms with Gasteiger partial charge in [0.2, 0.25) is 0 Å². The number of ether oxygens (including phenoxy) is 1. The molecule has 0 spiro atoms. The first kappa shape index (κ1) is 7.98. The van der Waals surface area contributed by atoms with Crippen molar-refractivity contribution in [2.45, 2.75) is 6.92 Å². The van der Waals surface area contributed by atoms with Crippen LogP contribution < -0.4 is 10.6 Å². The van der Waals surface area contributed by atoms with Gasteiger partial charge in [-0.05, 0) is 19.1 Å². The maximum atomic E-state index is 11.3. The molecule has 0 N–H and O–H groups in total. The van der Waals surface area contributed by atoms with Crippen LogP contribution in [0, 0.1) is 0 Å². The van der Waals surface area contributed by atoms with Crippen molar-refractivity contribution in [2.24, 2.45) is 4.99 Å². The molecule has 0 bridgehead atoms. The fraction of sp³-hybridized carbons (Fsp3) is 0.200. The standard InChI is InChI=1S/C10H9NO2/c1-2-13-9-7-5-3-4-6-8(7)11-10(9)12/h3-6H,2H2,1H3. The lowest BCUT2D eigenvalue weighted by Gasteiger charge is -1.99. The van der Waals surface area contributed by atoms with Crippen molar-refractivity contribution in [2.75, 3.05) is 6.61 Å². The van der Waals surface area contributed by atoms with E-state index in [9.17, 15) is 4.79 Å². The number of para-hydroxylation sites is 1. The van der Waals surface area contributed by atoms with Crippen LogP contribution in [0.15, 0.2) is 29.3 Å². The molecule has 0 unspecified atom stereocenters. The second-order valence-electron chi connectivity index (χ2n) is 2.70. The number of fused-ring (bicyclic) bond motifs is 1. The molecule has 0 radical (unpaired) electrons. The molecule has 1 aliphatic rings. The first-order chi connectivity index (χ1) is 6.33. The molecule has 3 heteroatoms. The van der Waals surface area contributed by atoms with Crippen LogP contribution in [0.3, 0.4) is 0 Å². The molecule has 66 valence electrons. The van der Waals surface area contributed by atoms with E-state index in [1.54, 1.807) is 6.07 Å². The van der Waals surface area contributed by atoms with Crippen molar-refractivity contribution >= 4 is 11.7 Å². The maximum Gasteiger partial charge on any atom is 0.313 e. The topological polar surface area (TPSA) is 38.7 Å². The molecule has 0 saturated carbocycles. The molecular weight excluding hydrogens is 166 g/mol. The van der Waals surface area contributed by atoms with Gasteiger partial charge in [-0.3, -0.25) is 4.79 Å². The van der Waals surface area contributed by atoms with E-state index in [0.29, 0.717) is 17.7 Å². The zero-order valence-corrected chi connectivity index (χ0v) is 7.28. The zero-order chi connectivity index (χ0) is 9.26. The molecule has 1 aromatic carbocycles. The fourth-order valence-electron chi connectivity index (χ4n) is 1.32. The molecule has 13 heavy (non-hydrogen) atoms. The minimum Gasteiger partial charge on any atom is -0.488 e. The summed E-state index contributed by atoms with van der Waals surface area (Å²) in [5, 5.41) is 1.50. The van der Waals surface area contributed by atoms with Gasteiger partial charge in [0.25, 0.3) is 0 Å². The molecule has 3 nitrogen and oxygen atoms in total. The Morgan fingerprint density at radius 2 is 2.15 bits per heavy atom. The number of amides is 1. The van der Waals surface area contributed by atoms with Gasteiger partial charge in [-0.1, -0.05) is 12.1 Å². The van der Waals surface area contributed by atoms with Gasteiger partial charge in [0.05, 0.1) is 12.0 Å². The molecule has 2 rings (SSSR count). The molecule has 1 amide bonds. The highest BCUT2D eigenvalue weighted by Gasteiger charge is 2.16. The summed E-state index contributed by atoms with van der Waals surface area (Å²) in [6, 6.07) is 7.37. The predicted molar refractivity (Wildman–Crippen MR) is 47.3 cm³/mol. The van der Waals surface area contributed by atoms with Crippen molar-refractivity contribution in [3.8, 4) is 0 Å². The van der Waals surface area contributed by atoms with Crippen LogP contribution in [-0.2, 0) is 9.53 Å². The van der Waals surface area contributed by atoms with Gasteiger partial charge in [-0.15, -0.1) is 0 Å². The molecule has 0 atom stereocenters. The minimum absolute atomic E-state index is 0.275. The summed E-state index contributed by atoms with van der Waals surface area (Å²) < 4.78 is 5.21. The number of nitrogens with zero attached hydrogens (tertiary/aromatic N) is 1. The molecule has 0 saturated heterocycles. The normalized spacial score (nSPS) is 13.9. The second-order valence-corrected chi connectivity index (χ2v) is 2.70. The molecule has 1 aliphatic heterocycles. The van der Waals surface area contributed by atoms with Crippen LogP contribution in [0.25, 0.3) is 5.76 Å². The summed E-state index contributed by atoms with van der Waals surface area (Å²) in [6.45, 7) is 2.34. The quantitative estimate of drug-likeness (QED) is 0.634. The Balaban J connectivity index is 2.69. The summed E-state index contributed by atoms with van der Waals surface area (Å²) in [6.07, 6.45) is 0. The molecule has 1 heterocycles. The van der Waals surface area contributed by atoms with Gasteiger partial charge in [0.1, 0.15) is 0 Å². The molecule has 0 aromatic heterocycles. The van der Waals surface area contributed by atoms with Crippen LogP contribution in [-0.4, -0.2) is 12.5 Å². The summed E-state index contributed by atoms with van der Waals surface area (Å²) in [7, 11) is 0. The first-order valence-corrected chi connectivity index (χ1v) is 4.18. The minimum atomic E-state index is -0.275. The summed E-state index contributed by atoms with van der Waals surface area (Å²) in [4.78, 5) is 15.1. The Kier molecular flexibility index (Phi) is 1.85. The zero-order valence-electron chi connectivity index (χ0n) is 7.28. The maximum absolute atomic E-state index is 11.3. The van der Waals surface area contributed by atoms with Gasteiger partial charge >= 0.3 is 5.91 Å². The van der Waals surface area contributed by atoms with E-state index in [2.05, 4.69) is 4.99 Å². The lowest BCUT2D eigenvalue weighted by atomic mass is 10.3. The molecular formula is C10H9NO2. The van der Waals surface area contributed by atoms with Crippen LogP contribution in [0.4, 0.5) is 0 Å². The largest absolute Gasteiger partial charge is 0.488 e. The SMILES string of the molecule is CCOC1=c2ccccc2=NC1=O. The third-order valence-corrected chi connectivity index (χ3v) is 1.85. The van der Waals surface area contributed by atoms with E-state index in [4.69, 9.17) is 4.74 Å². The van der Waals surface area contributed by atoms with E-state index in [-0.39, 0.29) is 5.91 Å². The highest BCUT2D eigenvalue weighted by Crippen LogP contribution is 2.01. The van der Waals surface area contributed by atoms with Gasteiger partial charge in [0.15, 0.2) is 5.76 Å². The predicted octanol–water partition coefficient (Wildman–Crippen LogP) is -0.00890. The Morgan fingerprint density at radius 1 is 1.38 bits per heavy atom. The Labute approximate surface area is 75.4 Å². The van der Waals surface area contributed by atoms with Gasteiger partial charge in [-0.25, -0.2) is 4.99 Å². The number of carbonyl (C=O) groups excluding carboxylic acids is 1. The summed E-state index contributed by atoms with van der Waals surface area (Å²) in [5.41, 5.74) is 0. The van der Waals surface area contributed by atoms with Crippen LogP contribution in [0.2, 0.25) is 0 Å². The highest BCUT2D eigenvalue weighted by atomic mass is 16.5. The third-order valence-electron chi connectivity index (χ3n) is 1.85.